The maximum Gasteiger partial charge on any atom is 0.306 e. The molecule has 56 heavy (non-hydrogen) atoms. The number of allylic oxidation sites excluding steroid dienone is 10. The van der Waals surface area contributed by atoms with Crippen LogP contribution >= 0.6 is 0 Å². The highest BCUT2D eigenvalue weighted by Crippen LogP contribution is 2.13. The van der Waals surface area contributed by atoms with E-state index in [0.29, 0.717) is 19.4 Å². The minimum atomic E-state index is -0.554. The van der Waals surface area contributed by atoms with Gasteiger partial charge >= 0.3 is 11.9 Å². The lowest BCUT2D eigenvalue weighted by Crippen LogP contribution is -2.30. The highest BCUT2D eigenvalue weighted by Gasteiger charge is 2.17. The molecular weight excluding hydrogens is 693 g/mol. The van der Waals surface area contributed by atoms with Crippen LogP contribution < -0.4 is 0 Å². The summed E-state index contributed by atoms with van der Waals surface area (Å²) in [5.74, 6) is -0.443. The highest BCUT2D eigenvalue weighted by atomic mass is 16.6. The molecule has 0 aromatic carbocycles. The van der Waals surface area contributed by atoms with Crippen LogP contribution in [0.15, 0.2) is 60.8 Å². The Morgan fingerprint density at radius 3 is 1.34 bits per heavy atom. The molecule has 0 amide bonds. The molecule has 0 bridgehead atoms. The van der Waals surface area contributed by atoms with Crippen molar-refractivity contribution in [1.82, 2.24) is 0 Å². The molecule has 0 rings (SSSR count). The summed E-state index contributed by atoms with van der Waals surface area (Å²) in [4.78, 5) is 25.3. The van der Waals surface area contributed by atoms with E-state index in [4.69, 9.17) is 14.2 Å². The summed E-state index contributed by atoms with van der Waals surface area (Å²) in [6.45, 7) is 7.65. The minimum Gasteiger partial charge on any atom is -0.462 e. The van der Waals surface area contributed by atoms with Crippen molar-refractivity contribution in [3.8, 4) is 0 Å². The normalized spacial score (nSPS) is 12.7. The van der Waals surface area contributed by atoms with Crippen LogP contribution in [0.25, 0.3) is 0 Å². The van der Waals surface area contributed by atoms with Crippen LogP contribution in [0.3, 0.4) is 0 Å². The smallest absolute Gasteiger partial charge is 0.306 e. The van der Waals surface area contributed by atoms with Crippen molar-refractivity contribution in [2.24, 2.45) is 0 Å². The number of hydrogen-bond acceptors (Lipinski definition) is 5. The van der Waals surface area contributed by atoms with Gasteiger partial charge in [0, 0.05) is 19.4 Å². The zero-order valence-corrected chi connectivity index (χ0v) is 37.1. The average Bonchev–Trinajstić information content (AvgIpc) is 3.20. The van der Waals surface area contributed by atoms with Crippen molar-refractivity contribution in [2.45, 2.75) is 232 Å². The Labute approximate surface area is 347 Å². The van der Waals surface area contributed by atoms with Crippen LogP contribution in [0.1, 0.15) is 226 Å². The number of carbonyl (C=O) groups is 2. The van der Waals surface area contributed by atoms with Crippen LogP contribution in [-0.2, 0) is 23.8 Å². The molecule has 0 aliphatic carbocycles. The molecule has 0 saturated carbocycles. The molecule has 0 aliphatic heterocycles. The summed E-state index contributed by atoms with van der Waals surface area (Å²) >= 11 is 0. The Hall–Kier alpha value is -2.40. The number of hydrogen-bond donors (Lipinski definition) is 0. The summed E-state index contributed by atoms with van der Waals surface area (Å²) in [5.41, 5.74) is 0. The first-order valence-corrected chi connectivity index (χ1v) is 23.8. The van der Waals surface area contributed by atoms with Crippen molar-refractivity contribution in [3.05, 3.63) is 60.8 Å². The molecule has 1 unspecified atom stereocenters. The number of carbonyl (C=O) groups excluding carboxylic acids is 2. The third-order valence-corrected chi connectivity index (χ3v) is 10.0. The molecule has 5 nitrogen and oxygen atoms in total. The fourth-order valence-corrected chi connectivity index (χ4v) is 6.49. The predicted octanol–water partition coefficient (Wildman–Crippen LogP) is 15.8. The Morgan fingerprint density at radius 2 is 0.804 bits per heavy atom. The second-order valence-electron chi connectivity index (χ2n) is 15.6. The van der Waals surface area contributed by atoms with E-state index in [2.05, 4.69) is 81.5 Å². The second-order valence-corrected chi connectivity index (χ2v) is 15.6. The van der Waals surface area contributed by atoms with Crippen molar-refractivity contribution in [2.75, 3.05) is 19.8 Å². The maximum atomic E-state index is 12.7. The third kappa shape index (κ3) is 44.3. The Bertz CT molecular complexity index is 977. The lowest BCUT2D eigenvalue weighted by Gasteiger charge is -2.18. The monoisotopic (exact) mass is 783 g/mol. The molecule has 0 aromatic heterocycles. The zero-order chi connectivity index (χ0) is 40.7. The molecule has 1 atom stereocenters. The van der Waals surface area contributed by atoms with Gasteiger partial charge in [-0.2, -0.15) is 0 Å². The van der Waals surface area contributed by atoms with Crippen LogP contribution in [0.2, 0.25) is 0 Å². The van der Waals surface area contributed by atoms with Crippen LogP contribution in [0.5, 0.6) is 0 Å². The largest absolute Gasteiger partial charge is 0.462 e. The van der Waals surface area contributed by atoms with E-state index in [-0.39, 0.29) is 25.2 Å². The zero-order valence-electron chi connectivity index (χ0n) is 37.1. The number of ether oxygens (including phenoxy) is 3. The quantitative estimate of drug-likeness (QED) is 0.0350. The van der Waals surface area contributed by atoms with E-state index < -0.39 is 6.10 Å². The Kier molecular flexibility index (Phi) is 45.0. The van der Waals surface area contributed by atoms with Crippen LogP contribution in [-0.4, -0.2) is 37.9 Å². The predicted molar refractivity (Wildman–Crippen MR) is 242 cm³/mol. The molecule has 0 aromatic rings. The van der Waals surface area contributed by atoms with Crippen molar-refractivity contribution in [1.29, 1.82) is 0 Å². The van der Waals surface area contributed by atoms with Gasteiger partial charge in [0.2, 0.25) is 0 Å². The van der Waals surface area contributed by atoms with E-state index in [0.717, 1.165) is 89.9 Å². The van der Waals surface area contributed by atoms with Crippen LogP contribution in [0.4, 0.5) is 0 Å². The first-order valence-electron chi connectivity index (χ1n) is 23.8. The fourth-order valence-electron chi connectivity index (χ4n) is 6.49. The SMILES string of the molecule is CC/C=C\C/C=C\C/C=C\CCCCCC(=O)OC(COCCCCCCCCCCCCCC)COC(=O)CCCCCCC/C=C\C/C=C\CCCCC. The molecule has 0 fully saturated rings. The molecule has 0 saturated heterocycles. The van der Waals surface area contributed by atoms with Gasteiger partial charge in [-0.1, -0.05) is 191 Å². The summed E-state index contributed by atoms with van der Waals surface area (Å²) in [5, 5.41) is 0. The topological polar surface area (TPSA) is 61.8 Å². The lowest BCUT2D eigenvalue weighted by molar-refractivity contribution is -0.163. The third-order valence-electron chi connectivity index (χ3n) is 10.0. The van der Waals surface area contributed by atoms with Gasteiger partial charge in [-0.3, -0.25) is 9.59 Å². The fraction of sp³-hybridized carbons (Fsp3) is 0.765. The lowest BCUT2D eigenvalue weighted by atomic mass is 10.1. The number of esters is 2. The van der Waals surface area contributed by atoms with Gasteiger partial charge in [-0.25, -0.2) is 0 Å². The molecule has 0 aliphatic rings. The Balaban J connectivity index is 4.32. The first kappa shape index (κ1) is 53.6. The van der Waals surface area contributed by atoms with Crippen molar-refractivity contribution < 1.29 is 23.8 Å². The van der Waals surface area contributed by atoms with Crippen molar-refractivity contribution in [3.63, 3.8) is 0 Å². The van der Waals surface area contributed by atoms with Crippen LogP contribution in [0, 0.1) is 0 Å². The van der Waals surface area contributed by atoms with Gasteiger partial charge in [-0.05, 0) is 83.5 Å². The summed E-state index contributed by atoms with van der Waals surface area (Å²) < 4.78 is 17.3. The second kappa shape index (κ2) is 47.0. The standard InChI is InChI=1S/C51H90O5/c1-4-7-10-13-16-19-22-25-26-28-29-32-35-38-41-44-50(52)55-48-49(47-54-46-43-40-37-34-31-24-21-18-15-12-9-6-3)56-51(53)45-42-39-36-33-30-27-23-20-17-14-11-8-5-2/h8,11,16-17,19-20,25-27,30,49H,4-7,9-10,12-15,18,21-24,28-29,31-48H2,1-3H3/b11-8-,19-16-,20-17-,26-25-,30-27-. The van der Waals surface area contributed by atoms with E-state index >= 15 is 0 Å². The molecule has 324 valence electrons. The van der Waals surface area contributed by atoms with Gasteiger partial charge in [0.25, 0.3) is 0 Å². The first-order chi connectivity index (χ1) is 27.6. The summed E-state index contributed by atoms with van der Waals surface area (Å²) in [7, 11) is 0. The highest BCUT2D eigenvalue weighted by molar-refractivity contribution is 5.70. The van der Waals surface area contributed by atoms with Gasteiger partial charge in [-0.15, -0.1) is 0 Å². The molecular formula is C51H90O5. The molecule has 0 N–H and O–H groups in total. The number of rotatable bonds is 43. The van der Waals surface area contributed by atoms with E-state index in [9.17, 15) is 9.59 Å². The maximum absolute atomic E-state index is 12.7. The molecule has 0 spiro atoms. The van der Waals surface area contributed by atoms with E-state index in [1.54, 1.807) is 0 Å². The number of unbranched alkanes of at least 4 members (excludes halogenated alkanes) is 22. The van der Waals surface area contributed by atoms with E-state index in [1.807, 2.05) is 0 Å². The molecule has 5 heteroatoms. The van der Waals surface area contributed by atoms with Gasteiger partial charge < -0.3 is 14.2 Å². The van der Waals surface area contributed by atoms with Gasteiger partial charge in [0.15, 0.2) is 6.10 Å². The molecule has 0 radical (unpaired) electrons. The van der Waals surface area contributed by atoms with E-state index in [1.165, 1.54) is 103 Å². The van der Waals surface area contributed by atoms with Gasteiger partial charge in [0.05, 0.1) is 6.61 Å². The van der Waals surface area contributed by atoms with Gasteiger partial charge in [0.1, 0.15) is 6.61 Å². The van der Waals surface area contributed by atoms with Crippen molar-refractivity contribution >= 4 is 11.9 Å². The molecule has 0 heterocycles. The minimum absolute atomic E-state index is 0.0669. The summed E-state index contributed by atoms with van der Waals surface area (Å²) in [6, 6.07) is 0. The summed E-state index contributed by atoms with van der Waals surface area (Å²) in [6.07, 6.45) is 57.9. The average molecular weight is 783 g/mol. The Morgan fingerprint density at radius 1 is 0.411 bits per heavy atom.